The molecule has 1 aromatic rings. The van der Waals surface area contributed by atoms with Crippen molar-refractivity contribution in [2.24, 2.45) is 5.14 Å². The van der Waals surface area contributed by atoms with Crippen molar-refractivity contribution in [2.45, 2.75) is 19.4 Å². The Morgan fingerprint density at radius 1 is 1.38 bits per heavy atom. The van der Waals surface area contributed by atoms with Gasteiger partial charge in [0.15, 0.2) is 0 Å². The van der Waals surface area contributed by atoms with Gasteiger partial charge in [-0.15, -0.1) is 0 Å². The lowest BCUT2D eigenvalue weighted by Gasteiger charge is -2.13. The van der Waals surface area contributed by atoms with Crippen LogP contribution in [0.3, 0.4) is 0 Å². The third kappa shape index (κ3) is 4.27. The highest BCUT2D eigenvalue weighted by molar-refractivity contribution is 7.87. The SMILES string of the molecule is CC(Cc1c(Cl)cccc1Cl)NS(N)(=O)=O. The lowest BCUT2D eigenvalue weighted by Crippen LogP contribution is -2.38. The first-order valence-electron chi connectivity index (χ1n) is 4.52. The summed E-state index contributed by atoms with van der Waals surface area (Å²) >= 11 is 11.9. The Labute approximate surface area is 105 Å². The lowest BCUT2D eigenvalue weighted by molar-refractivity contribution is 0.561. The zero-order valence-corrected chi connectivity index (χ0v) is 10.9. The summed E-state index contributed by atoms with van der Waals surface area (Å²) in [5.41, 5.74) is 0.703. The van der Waals surface area contributed by atoms with Crippen molar-refractivity contribution in [3.8, 4) is 0 Å². The summed E-state index contributed by atoms with van der Waals surface area (Å²) in [5.74, 6) is 0. The fourth-order valence-corrected chi connectivity index (χ4v) is 2.55. The van der Waals surface area contributed by atoms with E-state index < -0.39 is 10.2 Å². The molecule has 0 saturated carbocycles. The fraction of sp³-hybridized carbons (Fsp3) is 0.333. The van der Waals surface area contributed by atoms with Crippen LogP contribution in [-0.2, 0) is 16.6 Å². The fourth-order valence-electron chi connectivity index (χ4n) is 1.36. The number of hydrogen-bond donors (Lipinski definition) is 2. The maximum atomic E-state index is 10.8. The van der Waals surface area contributed by atoms with Crippen molar-refractivity contribution in [2.75, 3.05) is 0 Å². The van der Waals surface area contributed by atoms with Gasteiger partial charge in [0, 0.05) is 16.1 Å². The van der Waals surface area contributed by atoms with E-state index in [2.05, 4.69) is 4.72 Å². The Bertz CT molecular complexity index is 456. The Kier molecular flexibility index (Phi) is 4.58. The van der Waals surface area contributed by atoms with Crippen molar-refractivity contribution in [3.63, 3.8) is 0 Å². The number of nitrogens with one attached hydrogen (secondary N) is 1. The Morgan fingerprint density at radius 3 is 2.31 bits per heavy atom. The maximum absolute atomic E-state index is 10.8. The predicted molar refractivity (Wildman–Crippen MR) is 65.9 cm³/mol. The van der Waals surface area contributed by atoms with Gasteiger partial charge in [0.05, 0.1) is 0 Å². The molecule has 0 spiro atoms. The van der Waals surface area contributed by atoms with Gasteiger partial charge in [-0.1, -0.05) is 29.3 Å². The maximum Gasteiger partial charge on any atom is 0.274 e. The van der Waals surface area contributed by atoms with Crippen molar-refractivity contribution in [3.05, 3.63) is 33.8 Å². The second-order valence-electron chi connectivity index (χ2n) is 3.47. The molecule has 7 heteroatoms. The van der Waals surface area contributed by atoms with E-state index >= 15 is 0 Å². The monoisotopic (exact) mass is 282 g/mol. The van der Waals surface area contributed by atoms with Gasteiger partial charge in [0.2, 0.25) is 0 Å². The number of nitrogens with two attached hydrogens (primary N) is 1. The normalized spacial score (nSPS) is 13.8. The second kappa shape index (κ2) is 5.33. The first kappa shape index (κ1) is 13.7. The minimum absolute atomic E-state index is 0.368. The number of rotatable bonds is 4. The topological polar surface area (TPSA) is 72.2 Å². The van der Waals surface area contributed by atoms with Gasteiger partial charge in [-0.2, -0.15) is 13.1 Å². The van der Waals surface area contributed by atoms with Crippen LogP contribution in [0, 0.1) is 0 Å². The van der Waals surface area contributed by atoms with E-state index in [0.717, 1.165) is 0 Å². The average molecular weight is 283 g/mol. The summed E-state index contributed by atoms with van der Waals surface area (Å²) in [5, 5.41) is 5.88. The summed E-state index contributed by atoms with van der Waals surface area (Å²) < 4.78 is 23.9. The minimum Gasteiger partial charge on any atom is -0.216 e. The summed E-state index contributed by atoms with van der Waals surface area (Å²) in [4.78, 5) is 0. The molecule has 4 nitrogen and oxygen atoms in total. The van der Waals surface area contributed by atoms with Crippen LogP contribution in [0.15, 0.2) is 18.2 Å². The van der Waals surface area contributed by atoms with Crippen LogP contribution < -0.4 is 9.86 Å². The van der Waals surface area contributed by atoms with Crippen molar-refractivity contribution >= 4 is 33.4 Å². The van der Waals surface area contributed by atoms with Gasteiger partial charge in [-0.3, -0.25) is 0 Å². The molecule has 0 radical (unpaired) electrons. The van der Waals surface area contributed by atoms with Gasteiger partial charge in [-0.05, 0) is 31.0 Å². The van der Waals surface area contributed by atoms with Crippen molar-refractivity contribution in [1.82, 2.24) is 4.72 Å². The molecular weight excluding hydrogens is 271 g/mol. The van der Waals surface area contributed by atoms with E-state index in [9.17, 15) is 8.42 Å². The Hall–Kier alpha value is -0.330. The summed E-state index contributed by atoms with van der Waals surface area (Å²) in [7, 11) is -3.71. The first-order valence-corrected chi connectivity index (χ1v) is 6.83. The van der Waals surface area contributed by atoms with E-state index in [1.807, 2.05) is 0 Å². The van der Waals surface area contributed by atoms with Crippen LogP contribution >= 0.6 is 23.2 Å². The van der Waals surface area contributed by atoms with Crippen molar-refractivity contribution in [1.29, 1.82) is 0 Å². The summed E-state index contributed by atoms with van der Waals surface area (Å²) in [6, 6.07) is 4.76. The third-order valence-corrected chi connectivity index (χ3v) is 3.38. The van der Waals surface area contributed by atoms with E-state index in [1.54, 1.807) is 25.1 Å². The van der Waals surface area contributed by atoms with E-state index in [-0.39, 0.29) is 6.04 Å². The van der Waals surface area contributed by atoms with Gasteiger partial charge < -0.3 is 0 Å². The smallest absolute Gasteiger partial charge is 0.216 e. The second-order valence-corrected chi connectivity index (χ2v) is 5.61. The molecule has 1 unspecified atom stereocenters. The Morgan fingerprint density at radius 2 is 1.88 bits per heavy atom. The molecule has 3 N–H and O–H groups in total. The largest absolute Gasteiger partial charge is 0.274 e. The molecule has 0 heterocycles. The minimum atomic E-state index is -3.71. The van der Waals surface area contributed by atoms with Crippen LogP contribution in [0.25, 0.3) is 0 Å². The number of benzene rings is 1. The van der Waals surface area contributed by atoms with E-state index in [4.69, 9.17) is 28.3 Å². The molecule has 0 aliphatic rings. The first-order chi connectivity index (χ1) is 7.29. The zero-order valence-electron chi connectivity index (χ0n) is 8.57. The molecule has 0 aliphatic heterocycles. The predicted octanol–water partition coefficient (Wildman–Crippen LogP) is 1.72. The summed E-state index contributed by atoms with van der Waals surface area (Å²) in [6.07, 6.45) is 0.384. The average Bonchev–Trinajstić information content (AvgIpc) is 2.08. The van der Waals surface area contributed by atoms with Crippen LogP contribution in [0.5, 0.6) is 0 Å². The summed E-state index contributed by atoms with van der Waals surface area (Å²) in [6.45, 7) is 1.68. The van der Waals surface area contributed by atoms with Crippen LogP contribution in [0.4, 0.5) is 0 Å². The molecule has 0 aromatic heterocycles. The quantitative estimate of drug-likeness (QED) is 0.883. The lowest BCUT2D eigenvalue weighted by atomic mass is 10.1. The molecule has 0 aliphatic carbocycles. The molecule has 0 bridgehead atoms. The van der Waals surface area contributed by atoms with Crippen LogP contribution in [0.1, 0.15) is 12.5 Å². The highest BCUT2D eigenvalue weighted by Crippen LogP contribution is 2.25. The van der Waals surface area contributed by atoms with Gasteiger partial charge in [0.1, 0.15) is 0 Å². The number of halogens is 2. The Balaban J connectivity index is 2.81. The molecule has 1 rings (SSSR count). The molecule has 16 heavy (non-hydrogen) atoms. The highest BCUT2D eigenvalue weighted by atomic mass is 35.5. The third-order valence-electron chi connectivity index (χ3n) is 1.94. The van der Waals surface area contributed by atoms with E-state index in [0.29, 0.717) is 22.0 Å². The standard InChI is InChI=1S/C9H12Cl2N2O2S/c1-6(13-16(12,14)15)5-7-8(10)3-2-4-9(7)11/h2-4,6,13H,5H2,1H3,(H2,12,14,15). The molecule has 0 fully saturated rings. The number of hydrogen-bond acceptors (Lipinski definition) is 2. The molecular formula is C9H12Cl2N2O2S. The zero-order chi connectivity index (χ0) is 12.3. The molecule has 1 atom stereocenters. The van der Waals surface area contributed by atoms with Crippen LogP contribution in [-0.4, -0.2) is 14.5 Å². The molecule has 1 aromatic carbocycles. The molecule has 0 saturated heterocycles. The molecule has 90 valence electrons. The highest BCUT2D eigenvalue weighted by Gasteiger charge is 2.13. The van der Waals surface area contributed by atoms with Gasteiger partial charge in [0.25, 0.3) is 10.2 Å². The molecule has 0 amide bonds. The van der Waals surface area contributed by atoms with Crippen molar-refractivity contribution < 1.29 is 8.42 Å². The van der Waals surface area contributed by atoms with Gasteiger partial charge in [-0.25, -0.2) is 5.14 Å². The van der Waals surface area contributed by atoms with E-state index in [1.165, 1.54) is 0 Å². The van der Waals surface area contributed by atoms with Gasteiger partial charge >= 0.3 is 0 Å². The van der Waals surface area contributed by atoms with Crippen LogP contribution in [0.2, 0.25) is 10.0 Å².